The molecule has 2 aromatic rings. The monoisotopic (exact) mass is 299 g/mol. The highest BCUT2D eigenvalue weighted by molar-refractivity contribution is 5.68. The minimum atomic E-state index is -0.400. The van der Waals surface area contributed by atoms with Crippen LogP contribution in [0.2, 0.25) is 0 Å². The first kappa shape index (κ1) is 14.2. The lowest BCUT2D eigenvalue weighted by molar-refractivity contribution is -0.384. The highest BCUT2D eigenvalue weighted by atomic mass is 16.6. The SMILES string of the molecule is COc1cccc2c1CCC2Nc1cc(N)ccc1[N+](=O)[O-]. The van der Waals surface area contributed by atoms with Crippen molar-refractivity contribution in [2.75, 3.05) is 18.2 Å². The number of rotatable bonds is 4. The van der Waals surface area contributed by atoms with Gasteiger partial charge in [0.25, 0.3) is 5.69 Å². The number of nitrogen functional groups attached to an aromatic ring is 1. The van der Waals surface area contributed by atoms with Gasteiger partial charge in [0.15, 0.2) is 0 Å². The summed E-state index contributed by atoms with van der Waals surface area (Å²) in [6.45, 7) is 0. The molecule has 0 aliphatic heterocycles. The number of fused-ring (bicyclic) bond motifs is 1. The molecule has 0 saturated heterocycles. The van der Waals surface area contributed by atoms with Gasteiger partial charge in [0.2, 0.25) is 0 Å². The molecular formula is C16H17N3O3. The summed E-state index contributed by atoms with van der Waals surface area (Å²) in [7, 11) is 1.65. The maximum Gasteiger partial charge on any atom is 0.292 e. The molecule has 6 nitrogen and oxygen atoms in total. The number of nitrogens with two attached hydrogens (primary N) is 1. The molecule has 0 heterocycles. The van der Waals surface area contributed by atoms with Gasteiger partial charge >= 0.3 is 0 Å². The molecule has 0 amide bonds. The van der Waals surface area contributed by atoms with Gasteiger partial charge < -0.3 is 15.8 Å². The van der Waals surface area contributed by atoms with Crippen LogP contribution in [0.3, 0.4) is 0 Å². The normalized spacial score (nSPS) is 16.1. The predicted molar refractivity (Wildman–Crippen MR) is 85.2 cm³/mol. The van der Waals surface area contributed by atoms with Crippen LogP contribution >= 0.6 is 0 Å². The zero-order valence-electron chi connectivity index (χ0n) is 12.2. The summed E-state index contributed by atoms with van der Waals surface area (Å²) in [6.07, 6.45) is 1.74. The van der Waals surface area contributed by atoms with Crippen molar-refractivity contribution in [2.45, 2.75) is 18.9 Å². The number of ether oxygens (including phenoxy) is 1. The predicted octanol–water partition coefficient (Wildman–Crippen LogP) is 3.29. The summed E-state index contributed by atoms with van der Waals surface area (Å²) in [6, 6.07) is 10.5. The molecule has 1 aliphatic rings. The Kier molecular flexibility index (Phi) is 3.58. The Bertz CT molecular complexity index is 731. The second-order valence-electron chi connectivity index (χ2n) is 5.30. The molecule has 1 aliphatic carbocycles. The van der Waals surface area contributed by atoms with Crippen molar-refractivity contribution in [1.82, 2.24) is 0 Å². The van der Waals surface area contributed by atoms with Crippen LogP contribution in [-0.4, -0.2) is 12.0 Å². The van der Waals surface area contributed by atoms with E-state index in [-0.39, 0.29) is 11.7 Å². The van der Waals surface area contributed by atoms with E-state index >= 15 is 0 Å². The van der Waals surface area contributed by atoms with Gasteiger partial charge in [-0.2, -0.15) is 0 Å². The minimum absolute atomic E-state index is 0.0191. The molecule has 0 aromatic heterocycles. The molecule has 114 valence electrons. The summed E-state index contributed by atoms with van der Waals surface area (Å²) in [5.41, 5.74) is 9.02. The van der Waals surface area contributed by atoms with Gasteiger partial charge in [-0.1, -0.05) is 12.1 Å². The maximum atomic E-state index is 11.2. The lowest BCUT2D eigenvalue weighted by Gasteiger charge is -2.16. The number of nitrogens with one attached hydrogen (secondary N) is 1. The van der Waals surface area contributed by atoms with Crippen LogP contribution in [0.1, 0.15) is 23.6 Å². The van der Waals surface area contributed by atoms with E-state index in [1.807, 2.05) is 18.2 Å². The Morgan fingerprint density at radius 3 is 2.91 bits per heavy atom. The maximum absolute atomic E-state index is 11.2. The summed E-state index contributed by atoms with van der Waals surface area (Å²) >= 11 is 0. The third-order valence-corrected chi connectivity index (χ3v) is 3.99. The number of hydrogen-bond acceptors (Lipinski definition) is 5. The van der Waals surface area contributed by atoms with Gasteiger partial charge in [-0.3, -0.25) is 10.1 Å². The first-order chi connectivity index (χ1) is 10.6. The third-order valence-electron chi connectivity index (χ3n) is 3.99. The fourth-order valence-corrected chi connectivity index (χ4v) is 2.98. The van der Waals surface area contributed by atoms with Gasteiger partial charge in [0.1, 0.15) is 11.4 Å². The molecule has 0 saturated carbocycles. The van der Waals surface area contributed by atoms with Crippen LogP contribution in [0.25, 0.3) is 0 Å². The third kappa shape index (κ3) is 2.43. The molecule has 1 atom stereocenters. The van der Waals surface area contributed by atoms with Crippen LogP contribution < -0.4 is 15.8 Å². The minimum Gasteiger partial charge on any atom is -0.496 e. The van der Waals surface area contributed by atoms with Crippen LogP contribution in [-0.2, 0) is 6.42 Å². The molecule has 0 radical (unpaired) electrons. The average molecular weight is 299 g/mol. The van der Waals surface area contributed by atoms with Gasteiger partial charge in [-0.05, 0) is 42.2 Å². The molecule has 22 heavy (non-hydrogen) atoms. The van der Waals surface area contributed by atoms with Gasteiger partial charge in [0.05, 0.1) is 18.1 Å². The van der Waals surface area contributed by atoms with Crippen molar-refractivity contribution in [1.29, 1.82) is 0 Å². The number of benzene rings is 2. The second kappa shape index (κ2) is 5.55. The van der Waals surface area contributed by atoms with Crippen LogP contribution in [0.15, 0.2) is 36.4 Å². The van der Waals surface area contributed by atoms with E-state index in [2.05, 4.69) is 5.32 Å². The van der Waals surface area contributed by atoms with Crippen molar-refractivity contribution < 1.29 is 9.66 Å². The van der Waals surface area contributed by atoms with Crippen molar-refractivity contribution in [2.24, 2.45) is 0 Å². The van der Waals surface area contributed by atoms with Crippen molar-refractivity contribution in [3.8, 4) is 5.75 Å². The number of nitro groups is 1. The Balaban J connectivity index is 1.94. The Morgan fingerprint density at radius 2 is 2.18 bits per heavy atom. The number of anilines is 2. The van der Waals surface area contributed by atoms with Gasteiger partial charge in [-0.15, -0.1) is 0 Å². The van der Waals surface area contributed by atoms with E-state index < -0.39 is 4.92 Å². The fourth-order valence-electron chi connectivity index (χ4n) is 2.98. The van der Waals surface area contributed by atoms with E-state index in [1.165, 1.54) is 12.1 Å². The second-order valence-corrected chi connectivity index (χ2v) is 5.30. The van der Waals surface area contributed by atoms with Crippen molar-refractivity contribution >= 4 is 17.1 Å². The van der Waals surface area contributed by atoms with E-state index in [0.717, 1.165) is 29.7 Å². The molecule has 0 spiro atoms. The molecule has 3 rings (SSSR count). The summed E-state index contributed by atoms with van der Waals surface area (Å²) < 4.78 is 5.38. The quantitative estimate of drug-likeness (QED) is 0.513. The molecular weight excluding hydrogens is 282 g/mol. The largest absolute Gasteiger partial charge is 0.496 e. The first-order valence-corrected chi connectivity index (χ1v) is 7.06. The number of nitro benzene ring substituents is 1. The van der Waals surface area contributed by atoms with Crippen LogP contribution in [0.5, 0.6) is 5.75 Å². The van der Waals surface area contributed by atoms with E-state index in [9.17, 15) is 10.1 Å². The lowest BCUT2D eigenvalue weighted by atomic mass is 10.1. The lowest BCUT2D eigenvalue weighted by Crippen LogP contribution is -2.09. The summed E-state index contributed by atoms with van der Waals surface area (Å²) in [4.78, 5) is 10.8. The van der Waals surface area contributed by atoms with Crippen LogP contribution in [0, 0.1) is 10.1 Å². The standard InChI is InChI=1S/C16H17N3O3/c1-22-16-4-2-3-11-12(16)6-7-13(11)18-14-9-10(17)5-8-15(14)19(20)21/h2-5,8-9,13,18H,6-7,17H2,1H3. The fraction of sp³-hybridized carbons (Fsp3) is 0.250. The Hall–Kier alpha value is -2.76. The van der Waals surface area contributed by atoms with E-state index in [4.69, 9.17) is 10.5 Å². The van der Waals surface area contributed by atoms with E-state index in [1.54, 1.807) is 13.2 Å². The van der Waals surface area contributed by atoms with E-state index in [0.29, 0.717) is 11.4 Å². The molecule has 0 fully saturated rings. The molecule has 1 unspecified atom stereocenters. The first-order valence-electron chi connectivity index (χ1n) is 7.06. The highest BCUT2D eigenvalue weighted by Crippen LogP contribution is 2.40. The molecule has 3 N–H and O–H groups in total. The number of hydrogen-bond donors (Lipinski definition) is 2. The topological polar surface area (TPSA) is 90.4 Å². The molecule has 2 aromatic carbocycles. The Labute approximate surface area is 128 Å². The zero-order chi connectivity index (χ0) is 15.7. The number of nitrogens with zero attached hydrogens (tertiary/aromatic N) is 1. The van der Waals surface area contributed by atoms with Gasteiger partial charge in [-0.25, -0.2) is 0 Å². The zero-order valence-corrected chi connectivity index (χ0v) is 12.2. The van der Waals surface area contributed by atoms with Gasteiger partial charge in [0, 0.05) is 11.8 Å². The average Bonchev–Trinajstić information content (AvgIpc) is 2.90. The van der Waals surface area contributed by atoms with Crippen molar-refractivity contribution in [3.63, 3.8) is 0 Å². The summed E-state index contributed by atoms with van der Waals surface area (Å²) in [5, 5.41) is 14.4. The smallest absolute Gasteiger partial charge is 0.292 e. The van der Waals surface area contributed by atoms with Crippen LogP contribution in [0.4, 0.5) is 17.1 Å². The summed E-state index contributed by atoms with van der Waals surface area (Å²) in [5.74, 6) is 0.865. The molecule has 6 heteroatoms. The highest BCUT2D eigenvalue weighted by Gasteiger charge is 2.27. The van der Waals surface area contributed by atoms with Crippen molar-refractivity contribution in [3.05, 3.63) is 57.6 Å². The Morgan fingerprint density at radius 1 is 1.36 bits per heavy atom. The molecule has 0 bridgehead atoms. The number of methoxy groups -OCH3 is 1.